The molecule has 0 aliphatic rings. The molecule has 0 aliphatic heterocycles. The van der Waals surface area contributed by atoms with Crippen LogP contribution in [0.25, 0.3) is 11.1 Å². The first kappa shape index (κ1) is 15.0. The van der Waals surface area contributed by atoms with Crippen molar-refractivity contribution in [3.63, 3.8) is 0 Å². The van der Waals surface area contributed by atoms with E-state index in [-0.39, 0.29) is 5.82 Å². The molecule has 0 fully saturated rings. The molecule has 0 saturated carbocycles. The second kappa shape index (κ2) is 6.38. The maximum Gasteiger partial charge on any atom is 0.125 e. The number of rotatable bonds is 4. The van der Waals surface area contributed by atoms with Crippen molar-refractivity contribution in [1.29, 1.82) is 0 Å². The number of hydrogen-bond acceptors (Lipinski definition) is 1. The van der Waals surface area contributed by atoms with Crippen LogP contribution < -0.4 is 5.32 Å². The van der Waals surface area contributed by atoms with Crippen LogP contribution in [-0.4, -0.2) is 6.04 Å². The van der Waals surface area contributed by atoms with E-state index in [2.05, 4.69) is 31.3 Å². The Morgan fingerprint density at radius 1 is 1.15 bits per heavy atom. The molecule has 2 rings (SSSR count). The molecule has 0 unspecified atom stereocenters. The third-order valence-electron chi connectivity index (χ3n) is 3.18. The first-order chi connectivity index (χ1) is 9.45. The number of benzene rings is 2. The zero-order valence-electron chi connectivity index (χ0n) is 12.0. The van der Waals surface area contributed by atoms with E-state index in [9.17, 15) is 4.39 Å². The fourth-order valence-electron chi connectivity index (χ4n) is 2.19. The lowest BCUT2D eigenvalue weighted by Gasteiger charge is -2.12. The topological polar surface area (TPSA) is 12.0 Å². The van der Waals surface area contributed by atoms with E-state index in [1.807, 2.05) is 13.0 Å². The zero-order chi connectivity index (χ0) is 14.7. The van der Waals surface area contributed by atoms with Crippen LogP contribution >= 0.6 is 11.6 Å². The van der Waals surface area contributed by atoms with Crippen molar-refractivity contribution in [2.45, 2.75) is 33.4 Å². The van der Waals surface area contributed by atoms with Crippen LogP contribution in [0.5, 0.6) is 0 Å². The average Bonchev–Trinajstić information content (AvgIpc) is 2.35. The molecule has 0 amide bonds. The second-order valence-electron chi connectivity index (χ2n) is 5.34. The summed E-state index contributed by atoms with van der Waals surface area (Å²) in [6.45, 7) is 7.11. The third kappa shape index (κ3) is 3.81. The van der Waals surface area contributed by atoms with E-state index < -0.39 is 0 Å². The molecule has 0 radical (unpaired) electrons. The SMILES string of the molecule is Cc1cc(CNC(C)C)ccc1-c1cc(F)cc(Cl)c1. The third-order valence-corrected chi connectivity index (χ3v) is 3.40. The van der Waals surface area contributed by atoms with Crippen molar-refractivity contribution in [1.82, 2.24) is 5.32 Å². The highest BCUT2D eigenvalue weighted by molar-refractivity contribution is 6.30. The Bertz CT molecular complexity index is 588. The minimum atomic E-state index is -0.308. The summed E-state index contributed by atoms with van der Waals surface area (Å²) in [5, 5.41) is 3.81. The van der Waals surface area contributed by atoms with Gasteiger partial charge < -0.3 is 5.32 Å². The van der Waals surface area contributed by atoms with Gasteiger partial charge in [0.15, 0.2) is 0 Å². The van der Waals surface area contributed by atoms with Gasteiger partial charge in [-0.05, 0) is 47.4 Å². The van der Waals surface area contributed by atoms with E-state index in [0.29, 0.717) is 11.1 Å². The van der Waals surface area contributed by atoms with E-state index in [4.69, 9.17) is 11.6 Å². The monoisotopic (exact) mass is 291 g/mol. The lowest BCUT2D eigenvalue weighted by atomic mass is 9.98. The Balaban J connectivity index is 2.29. The molecule has 0 saturated heterocycles. The summed E-state index contributed by atoms with van der Waals surface area (Å²) in [4.78, 5) is 0. The molecule has 20 heavy (non-hydrogen) atoms. The molecule has 0 bridgehead atoms. The maximum atomic E-state index is 13.4. The lowest BCUT2D eigenvalue weighted by Crippen LogP contribution is -2.21. The second-order valence-corrected chi connectivity index (χ2v) is 5.78. The smallest absolute Gasteiger partial charge is 0.125 e. The highest BCUT2D eigenvalue weighted by Crippen LogP contribution is 2.27. The van der Waals surface area contributed by atoms with Crippen LogP contribution in [0, 0.1) is 12.7 Å². The van der Waals surface area contributed by atoms with Crippen LogP contribution in [0.3, 0.4) is 0 Å². The molecule has 0 heterocycles. The van der Waals surface area contributed by atoms with Crippen molar-refractivity contribution in [2.24, 2.45) is 0 Å². The van der Waals surface area contributed by atoms with Gasteiger partial charge in [-0.2, -0.15) is 0 Å². The quantitative estimate of drug-likeness (QED) is 0.840. The predicted molar refractivity (Wildman–Crippen MR) is 83.6 cm³/mol. The van der Waals surface area contributed by atoms with Gasteiger partial charge >= 0.3 is 0 Å². The lowest BCUT2D eigenvalue weighted by molar-refractivity contribution is 0.589. The molecule has 0 atom stereocenters. The standard InChI is InChI=1S/C17H19ClFN/c1-11(2)20-10-13-4-5-17(12(3)6-13)14-7-15(18)9-16(19)8-14/h4-9,11,20H,10H2,1-3H3. The molecule has 1 N–H and O–H groups in total. The van der Waals surface area contributed by atoms with Crippen molar-refractivity contribution in [3.8, 4) is 11.1 Å². The van der Waals surface area contributed by atoms with Crippen molar-refractivity contribution in [2.75, 3.05) is 0 Å². The number of halogens is 2. The van der Waals surface area contributed by atoms with Gasteiger partial charge in [0.2, 0.25) is 0 Å². The van der Waals surface area contributed by atoms with Crippen molar-refractivity contribution in [3.05, 3.63) is 58.4 Å². The Morgan fingerprint density at radius 3 is 2.50 bits per heavy atom. The minimum absolute atomic E-state index is 0.308. The van der Waals surface area contributed by atoms with E-state index in [1.165, 1.54) is 17.7 Å². The fourth-order valence-corrected chi connectivity index (χ4v) is 2.41. The minimum Gasteiger partial charge on any atom is -0.310 e. The van der Waals surface area contributed by atoms with E-state index >= 15 is 0 Å². The Morgan fingerprint density at radius 2 is 1.90 bits per heavy atom. The molecule has 2 aromatic carbocycles. The van der Waals surface area contributed by atoms with Crippen LogP contribution in [0.4, 0.5) is 4.39 Å². The number of aryl methyl sites for hydroxylation is 1. The largest absolute Gasteiger partial charge is 0.310 e. The first-order valence-electron chi connectivity index (χ1n) is 6.75. The van der Waals surface area contributed by atoms with Crippen LogP contribution in [0.15, 0.2) is 36.4 Å². The number of hydrogen-bond donors (Lipinski definition) is 1. The summed E-state index contributed by atoms with van der Waals surface area (Å²) < 4.78 is 13.4. The maximum absolute atomic E-state index is 13.4. The molecule has 106 valence electrons. The Hall–Kier alpha value is -1.38. The molecular formula is C17H19ClFN. The summed E-state index contributed by atoms with van der Waals surface area (Å²) in [5.41, 5.74) is 4.17. The summed E-state index contributed by atoms with van der Waals surface area (Å²) in [7, 11) is 0. The highest BCUT2D eigenvalue weighted by Gasteiger charge is 2.06. The van der Waals surface area contributed by atoms with Crippen LogP contribution in [-0.2, 0) is 6.54 Å². The number of nitrogens with one attached hydrogen (secondary N) is 1. The molecule has 0 spiro atoms. The molecular weight excluding hydrogens is 273 g/mol. The van der Waals surface area contributed by atoms with Gasteiger partial charge in [-0.15, -0.1) is 0 Å². The molecule has 1 nitrogen and oxygen atoms in total. The predicted octanol–water partition coefficient (Wildman–Crippen LogP) is 4.95. The summed E-state index contributed by atoms with van der Waals surface area (Å²) in [6.07, 6.45) is 0. The van der Waals surface area contributed by atoms with Crippen LogP contribution in [0.2, 0.25) is 5.02 Å². The molecule has 3 heteroatoms. The van der Waals surface area contributed by atoms with Crippen LogP contribution in [0.1, 0.15) is 25.0 Å². The van der Waals surface area contributed by atoms with Gasteiger partial charge in [0.25, 0.3) is 0 Å². The van der Waals surface area contributed by atoms with Crippen molar-refractivity contribution >= 4 is 11.6 Å². The normalized spacial score (nSPS) is 11.1. The molecule has 0 aromatic heterocycles. The first-order valence-corrected chi connectivity index (χ1v) is 7.13. The van der Waals surface area contributed by atoms with Crippen molar-refractivity contribution < 1.29 is 4.39 Å². The molecule has 2 aromatic rings. The van der Waals surface area contributed by atoms with E-state index in [1.54, 1.807) is 6.07 Å². The summed E-state index contributed by atoms with van der Waals surface area (Å²) >= 11 is 5.92. The molecule has 0 aliphatic carbocycles. The van der Waals surface area contributed by atoms with Gasteiger partial charge in [0.05, 0.1) is 0 Å². The summed E-state index contributed by atoms with van der Waals surface area (Å²) in [5.74, 6) is -0.308. The van der Waals surface area contributed by atoms with Gasteiger partial charge in [0.1, 0.15) is 5.82 Å². The summed E-state index contributed by atoms with van der Waals surface area (Å²) in [6, 6.07) is 11.3. The van der Waals surface area contributed by atoms with Gasteiger partial charge in [0, 0.05) is 17.6 Å². The van der Waals surface area contributed by atoms with Gasteiger partial charge in [-0.3, -0.25) is 0 Å². The van der Waals surface area contributed by atoms with Gasteiger partial charge in [-0.1, -0.05) is 43.6 Å². The Labute approximate surface area is 124 Å². The highest BCUT2D eigenvalue weighted by atomic mass is 35.5. The fraction of sp³-hybridized carbons (Fsp3) is 0.294. The Kier molecular flexibility index (Phi) is 4.79. The van der Waals surface area contributed by atoms with E-state index in [0.717, 1.165) is 23.2 Å². The average molecular weight is 292 g/mol. The van der Waals surface area contributed by atoms with Gasteiger partial charge in [-0.25, -0.2) is 4.39 Å². The zero-order valence-corrected chi connectivity index (χ0v) is 12.8.